The van der Waals surface area contributed by atoms with Crippen molar-refractivity contribution < 1.29 is 19.7 Å². The summed E-state index contributed by atoms with van der Waals surface area (Å²) in [6.45, 7) is 18.1. The maximum Gasteiger partial charge on any atom is 0.206 e. The Hall–Kier alpha value is -3.91. The van der Waals surface area contributed by atoms with Gasteiger partial charge in [0.1, 0.15) is 36.2 Å². The summed E-state index contributed by atoms with van der Waals surface area (Å²) in [5.41, 5.74) is 7.47. The van der Waals surface area contributed by atoms with Crippen LogP contribution in [0.4, 0.5) is 5.95 Å². The molecule has 1 aliphatic heterocycles. The van der Waals surface area contributed by atoms with Crippen molar-refractivity contribution in [3.63, 3.8) is 0 Å². The Labute approximate surface area is 249 Å². The van der Waals surface area contributed by atoms with Gasteiger partial charge in [0.15, 0.2) is 0 Å². The number of phenols is 2. The van der Waals surface area contributed by atoms with Crippen molar-refractivity contribution in [2.45, 2.75) is 54.5 Å². The number of imidazole rings is 1. The third-order valence-electron chi connectivity index (χ3n) is 8.76. The molecule has 0 atom stereocenters. The number of benzene rings is 3. The van der Waals surface area contributed by atoms with Crippen molar-refractivity contribution in [1.29, 1.82) is 0 Å². The minimum Gasteiger partial charge on any atom is -0.507 e. The van der Waals surface area contributed by atoms with Crippen LogP contribution >= 0.6 is 0 Å². The Bertz CT molecular complexity index is 1580. The Balaban J connectivity index is 1.24. The Kier molecular flexibility index (Phi) is 8.82. The monoisotopic (exact) mass is 572 g/mol. The highest BCUT2D eigenvalue weighted by Crippen LogP contribution is 2.33. The number of aryl methyl sites for hydroxylation is 2. The molecule has 0 amide bonds. The molecule has 2 N–H and O–H groups in total. The van der Waals surface area contributed by atoms with Crippen LogP contribution in [-0.2, 0) is 6.54 Å². The average Bonchev–Trinajstić information content (AvgIpc) is 3.18. The number of ether oxygens (including phenoxy) is 2. The molecule has 1 aliphatic rings. The molecule has 2 heterocycles. The predicted molar refractivity (Wildman–Crippen MR) is 169 cm³/mol. The van der Waals surface area contributed by atoms with Gasteiger partial charge in [-0.2, -0.15) is 0 Å². The van der Waals surface area contributed by atoms with Crippen molar-refractivity contribution in [3.8, 4) is 23.0 Å². The highest BCUT2D eigenvalue weighted by Gasteiger charge is 2.21. The van der Waals surface area contributed by atoms with E-state index in [1.165, 1.54) is 0 Å². The molecule has 1 fully saturated rings. The van der Waals surface area contributed by atoms with Gasteiger partial charge in [0.2, 0.25) is 5.95 Å². The molecule has 224 valence electrons. The molecule has 8 heteroatoms. The van der Waals surface area contributed by atoms with Crippen LogP contribution in [0.5, 0.6) is 23.0 Å². The topological polar surface area (TPSA) is 83.2 Å². The average molecular weight is 573 g/mol. The summed E-state index contributed by atoms with van der Waals surface area (Å²) in [6, 6.07) is 12.1. The maximum absolute atomic E-state index is 10.3. The van der Waals surface area contributed by atoms with E-state index < -0.39 is 0 Å². The quantitative estimate of drug-likeness (QED) is 0.256. The summed E-state index contributed by atoms with van der Waals surface area (Å²) in [5.74, 6) is 3.34. The largest absolute Gasteiger partial charge is 0.507 e. The smallest absolute Gasteiger partial charge is 0.206 e. The van der Waals surface area contributed by atoms with Gasteiger partial charge in [0.25, 0.3) is 0 Å². The second-order valence-electron chi connectivity index (χ2n) is 11.5. The molecular weight excluding hydrogens is 528 g/mol. The van der Waals surface area contributed by atoms with Crippen LogP contribution in [0.25, 0.3) is 11.0 Å². The first-order valence-corrected chi connectivity index (χ1v) is 14.9. The molecule has 8 nitrogen and oxygen atoms in total. The van der Waals surface area contributed by atoms with Crippen LogP contribution in [0.1, 0.15) is 39.8 Å². The van der Waals surface area contributed by atoms with Gasteiger partial charge in [-0.05, 0) is 106 Å². The van der Waals surface area contributed by atoms with Gasteiger partial charge in [-0.3, -0.25) is 4.90 Å². The van der Waals surface area contributed by atoms with Crippen LogP contribution in [0, 0.1) is 41.5 Å². The first-order chi connectivity index (χ1) is 20.2. The van der Waals surface area contributed by atoms with Gasteiger partial charge in [-0.15, -0.1) is 0 Å². The van der Waals surface area contributed by atoms with E-state index in [4.69, 9.17) is 14.5 Å². The fraction of sp³-hybridized carbons (Fsp3) is 0.441. The van der Waals surface area contributed by atoms with Crippen molar-refractivity contribution >= 4 is 17.0 Å². The summed E-state index contributed by atoms with van der Waals surface area (Å²) < 4.78 is 14.7. The molecule has 0 radical (unpaired) electrons. The van der Waals surface area contributed by atoms with E-state index in [0.717, 1.165) is 101 Å². The standard InChI is InChI=1S/C34H44N4O4/c1-22-20-30(24(3)26(5)32(22)39)41-18-16-36-12-9-13-37(15-14-36)34-35-28-10-7-8-11-29(28)38(34)17-19-42-31-21-23(2)33(40)27(6)25(31)4/h7-8,10-11,20-21,39-40H,9,12-19H2,1-6H3. The number of hydrogen-bond acceptors (Lipinski definition) is 7. The molecule has 0 bridgehead atoms. The second kappa shape index (κ2) is 12.5. The highest BCUT2D eigenvalue weighted by molar-refractivity contribution is 5.78. The third kappa shape index (κ3) is 6.00. The number of fused-ring (bicyclic) bond motifs is 1. The number of nitrogens with zero attached hydrogens (tertiary/aromatic N) is 4. The van der Waals surface area contributed by atoms with Gasteiger partial charge in [0.05, 0.1) is 17.6 Å². The number of anilines is 1. The number of para-hydroxylation sites is 2. The molecule has 1 saturated heterocycles. The van der Waals surface area contributed by atoms with Gasteiger partial charge in [0, 0.05) is 32.7 Å². The van der Waals surface area contributed by atoms with Gasteiger partial charge >= 0.3 is 0 Å². The zero-order valence-corrected chi connectivity index (χ0v) is 25.8. The molecule has 42 heavy (non-hydrogen) atoms. The van der Waals surface area contributed by atoms with Gasteiger partial charge in [-0.1, -0.05) is 12.1 Å². The van der Waals surface area contributed by atoms with Gasteiger partial charge in [-0.25, -0.2) is 4.98 Å². The summed E-state index contributed by atoms with van der Waals surface area (Å²) >= 11 is 0. The molecule has 0 unspecified atom stereocenters. The predicted octanol–water partition coefficient (Wildman–Crippen LogP) is 5.97. The van der Waals surface area contributed by atoms with Crippen molar-refractivity contribution in [2.24, 2.45) is 0 Å². The van der Waals surface area contributed by atoms with Crippen molar-refractivity contribution in [3.05, 3.63) is 69.8 Å². The summed E-state index contributed by atoms with van der Waals surface area (Å²) in [7, 11) is 0. The Morgan fingerprint density at radius 3 is 1.95 bits per heavy atom. The SMILES string of the molecule is Cc1cc(OCCN2CCCN(c3nc4ccccc4n3CCOc3cc(C)c(O)c(C)c3C)CC2)c(C)c(C)c1O. The van der Waals surface area contributed by atoms with E-state index in [9.17, 15) is 10.2 Å². The van der Waals surface area contributed by atoms with Crippen LogP contribution in [-0.4, -0.2) is 70.6 Å². The van der Waals surface area contributed by atoms with Crippen LogP contribution in [0.15, 0.2) is 36.4 Å². The summed E-state index contributed by atoms with van der Waals surface area (Å²) in [5, 5.41) is 20.5. The number of hydrogen-bond donors (Lipinski definition) is 2. The Morgan fingerprint density at radius 1 is 0.714 bits per heavy atom. The van der Waals surface area contributed by atoms with E-state index in [1.807, 2.05) is 59.7 Å². The fourth-order valence-electron chi connectivity index (χ4n) is 5.81. The molecule has 1 aromatic heterocycles. The van der Waals surface area contributed by atoms with Crippen LogP contribution in [0.3, 0.4) is 0 Å². The lowest BCUT2D eigenvalue weighted by molar-refractivity contribution is 0.217. The summed E-state index contributed by atoms with van der Waals surface area (Å²) in [4.78, 5) is 9.92. The Morgan fingerprint density at radius 2 is 1.31 bits per heavy atom. The minimum absolute atomic E-state index is 0.338. The normalized spacial score (nSPS) is 14.4. The molecule has 4 aromatic rings. The number of rotatable bonds is 9. The molecule has 0 aliphatic carbocycles. The lowest BCUT2D eigenvalue weighted by atomic mass is 10.0. The first kappa shape index (κ1) is 29.6. The molecular formula is C34H44N4O4. The van der Waals surface area contributed by atoms with Gasteiger partial charge < -0.3 is 29.2 Å². The molecule has 5 rings (SSSR count). The van der Waals surface area contributed by atoms with E-state index in [2.05, 4.69) is 32.6 Å². The first-order valence-electron chi connectivity index (χ1n) is 14.9. The zero-order chi connectivity index (χ0) is 30.0. The molecule has 3 aromatic carbocycles. The molecule has 0 saturated carbocycles. The van der Waals surface area contributed by atoms with Crippen molar-refractivity contribution in [1.82, 2.24) is 14.5 Å². The van der Waals surface area contributed by atoms with E-state index in [-0.39, 0.29) is 0 Å². The lowest BCUT2D eigenvalue weighted by Gasteiger charge is -2.24. The van der Waals surface area contributed by atoms with Crippen molar-refractivity contribution in [2.75, 3.05) is 50.8 Å². The number of aromatic hydroxyl groups is 2. The lowest BCUT2D eigenvalue weighted by Crippen LogP contribution is -2.34. The van der Waals surface area contributed by atoms with E-state index in [1.54, 1.807) is 0 Å². The maximum atomic E-state index is 10.3. The fourth-order valence-corrected chi connectivity index (χ4v) is 5.81. The number of phenolic OH excluding ortho intramolecular Hbond substituents is 2. The van der Waals surface area contributed by atoms with Crippen LogP contribution in [0.2, 0.25) is 0 Å². The highest BCUT2D eigenvalue weighted by atomic mass is 16.5. The minimum atomic E-state index is 0.338. The zero-order valence-electron chi connectivity index (χ0n) is 25.8. The molecule has 0 spiro atoms. The number of aromatic nitrogens is 2. The van der Waals surface area contributed by atoms with E-state index >= 15 is 0 Å². The second-order valence-corrected chi connectivity index (χ2v) is 11.5. The van der Waals surface area contributed by atoms with Crippen LogP contribution < -0.4 is 14.4 Å². The summed E-state index contributed by atoms with van der Waals surface area (Å²) in [6.07, 6.45) is 1.04. The van der Waals surface area contributed by atoms with E-state index in [0.29, 0.717) is 31.3 Å². The third-order valence-corrected chi connectivity index (χ3v) is 8.76.